The van der Waals surface area contributed by atoms with Crippen LogP contribution < -0.4 is 16.9 Å². The lowest BCUT2D eigenvalue weighted by molar-refractivity contribution is 0.911. The average Bonchev–Trinajstić information content (AvgIpc) is 2.83. The third kappa shape index (κ3) is 2.48. The molecule has 20 heavy (non-hydrogen) atoms. The summed E-state index contributed by atoms with van der Waals surface area (Å²) in [6.07, 6.45) is 5.70. The zero-order chi connectivity index (χ0) is 14.5. The summed E-state index contributed by atoms with van der Waals surface area (Å²) in [4.78, 5) is 50.4. The van der Waals surface area contributed by atoms with E-state index in [2.05, 4.69) is 29.9 Å². The first-order chi connectivity index (χ1) is 9.63. The third-order valence-electron chi connectivity index (χ3n) is 2.08. The van der Waals surface area contributed by atoms with E-state index < -0.39 is 16.9 Å². The maximum atomic E-state index is 11.3. The number of rotatable bonds is 0. The van der Waals surface area contributed by atoms with Crippen molar-refractivity contribution in [3.8, 4) is 6.19 Å². The minimum atomic E-state index is -0.889. The second kappa shape index (κ2) is 5.40. The van der Waals surface area contributed by atoms with Crippen molar-refractivity contribution in [2.24, 2.45) is 0 Å². The van der Waals surface area contributed by atoms with Crippen molar-refractivity contribution >= 4 is 11.2 Å². The summed E-state index contributed by atoms with van der Waals surface area (Å²) in [5, 5.41) is 8.46. The highest BCUT2D eigenvalue weighted by atomic mass is 16.2. The van der Waals surface area contributed by atoms with Gasteiger partial charge in [0.05, 0.1) is 0 Å². The predicted octanol–water partition coefficient (Wildman–Crippen LogP) is -2.09. The number of imidazole rings is 1. The van der Waals surface area contributed by atoms with Crippen LogP contribution in [0.3, 0.4) is 0 Å². The fourth-order valence-electron chi connectivity index (χ4n) is 1.30. The Morgan fingerprint density at radius 1 is 1.00 bits per heavy atom. The Kier molecular flexibility index (Phi) is 3.48. The fourth-order valence-corrected chi connectivity index (χ4v) is 1.30. The van der Waals surface area contributed by atoms with Gasteiger partial charge in [0, 0.05) is 0 Å². The van der Waals surface area contributed by atoms with E-state index in [1.54, 1.807) is 0 Å². The second-order valence-electron chi connectivity index (χ2n) is 3.29. The Bertz CT molecular complexity index is 899. The summed E-state index contributed by atoms with van der Waals surface area (Å²) in [5.74, 6) is 0. The summed E-state index contributed by atoms with van der Waals surface area (Å²) in [5.41, 5.74) is -2.51. The Hall–Kier alpha value is -3.55. The number of fused-ring (bicyclic) bond motifs is 1. The van der Waals surface area contributed by atoms with Gasteiger partial charge in [-0.25, -0.2) is 24.5 Å². The molecule has 100 valence electrons. The molecule has 0 amide bonds. The zero-order valence-electron chi connectivity index (χ0n) is 9.69. The van der Waals surface area contributed by atoms with Gasteiger partial charge >= 0.3 is 11.4 Å². The summed E-state index contributed by atoms with van der Waals surface area (Å²) >= 11 is 0. The maximum absolute atomic E-state index is 11.3. The maximum Gasteiger partial charge on any atom is 0.343 e. The molecule has 0 fully saturated rings. The van der Waals surface area contributed by atoms with Crippen molar-refractivity contribution in [1.82, 2.24) is 34.5 Å². The molecule has 0 aliphatic heterocycles. The number of nitrogens with zero attached hydrogens (tertiary/aromatic N) is 5. The van der Waals surface area contributed by atoms with Crippen LogP contribution in [-0.2, 0) is 0 Å². The van der Waals surface area contributed by atoms with Gasteiger partial charge in [-0.05, 0) is 0 Å². The van der Waals surface area contributed by atoms with Crippen molar-refractivity contribution < 1.29 is 0 Å². The van der Waals surface area contributed by atoms with Gasteiger partial charge in [-0.3, -0.25) is 19.7 Å². The molecule has 0 aromatic carbocycles. The average molecular weight is 274 g/mol. The fraction of sp³-hybridized carbons (Fsp3) is 0. The first kappa shape index (κ1) is 12.9. The number of aromatic amines is 3. The Balaban J connectivity index is 0.000000205. The minimum Gasteiger partial charge on any atom is -0.300 e. The molecule has 3 rings (SSSR count). The van der Waals surface area contributed by atoms with Crippen LogP contribution >= 0.6 is 0 Å². The molecule has 0 radical (unpaired) electrons. The smallest absolute Gasteiger partial charge is 0.300 e. The lowest BCUT2D eigenvalue weighted by Gasteiger charge is -1.90. The zero-order valence-corrected chi connectivity index (χ0v) is 9.69. The molecule has 3 N–H and O–H groups in total. The molecule has 3 aromatic rings. The van der Waals surface area contributed by atoms with Gasteiger partial charge in [0.15, 0.2) is 11.7 Å². The highest BCUT2D eigenvalue weighted by Crippen LogP contribution is 1.90. The first-order valence-corrected chi connectivity index (χ1v) is 5.06. The van der Waals surface area contributed by atoms with Crippen LogP contribution in [0.1, 0.15) is 0 Å². The van der Waals surface area contributed by atoms with Gasteiger partial charge in [0.2, 0.25) is 0 Å². The second-order valence-corrected chi connectivity index (χ2v) is 3.29. The number of aromatic nitrogens is 7. The molecule has 0 spiro atoms. The van der Waals surface area contributed by atoms with E-state index in [4.69, 9.17) is 5.26 Å². The van der Waals surface area contributed by atoms with E-state index in [-0.39, 0.29) is 11.2 Å². The van der Waals surface area contributed by atoms with Gasteiger partial charge in [-0.1, -0.05) is 0 Å². The summed E-state index contributed by atoms with van der Waals surface area (Å²) in [6, 6.07) is 0. The molecule has 11 heteroatoms. The Morgan fingerprint density at radius 3 is 2.10 bits per heavy atom. The molecule has 0 unspecified atom stereocenters. The lowest BCUT2D eigenvalue weighted by atomic mass is 10.5. The van der Waals surface area contributed by atoms with E-state index >= 15 is 0 Å². The van der Waals surface area contributed by atoms with E-state index in [1.807, 2.05) is 0 Å². The van der Waals surface area contributed by atoms with Crippen LogP contribution in [-0.4, -0.2) is 34.5 Å². The molecule has 11 nitrogen and oxygen atoms in total. The predicted molar refractivity (Wildman–Crippen MR) is 64.6 cm³/mol. The molecule has 3 aromatic heterocycles. The summed E-state index contributed by atoms with van der Waals surface area (Å²) in [7, 11) is 0. The Labute approximate surface area is 108 Å². The van der Waals surface area contributed by atoms with Crippen molar-refractivity contribution in [3.63, 3.8) is 0 Å². The minimum absolute atomic E-state index is 0.0171. The van der Waals surface area contributed by atoms with Crippen molar-refractivity contribution in [2.45, 2.75) is 0 Å². The number of hydrogen-bond acceptors (Lipinski definition) is 7. The van der Waals surface area contributed by atoms with Gasteiger partial charge in [0.25, 0.3) is 5.56 Å². The van der Waals surface area contributed by atoms with E-state index in [1.165, 1.54) is 25.2 Å². The summed E-state index contributed by atoms with van der Waals surface area (Å²) < 4.78 is 0.312. The van der Waals surface area contributed by atoms with Crippen molar-refractivity contribution in [1.29, 1.82) is 5.26 Å². The monoisotopic (exact) mass is 274 g/mol. The molecular formula is C9H6N8O3. The van der Waals surface area contributed by atoms with E-state index in [9.17, 15) is 14.4 Å². The van der Waals surface area contributed by atoms with Gasteiger partial charge in [-0.15, -0.1) is 0 Å². The third-order valence-corrected chi connectivity index (χ3v) is 2.08. The van der Waals surface area contributed by atoms with Gasteiger partial charge in [0.1, 0.15) is 24.6 Å². The highest BCUT2D eigenvalue weighted by molar-refractivity contribution is 5.67. The van der Waals surface area contributed by atoms with E-state index in [0.717, 1.165) is 0 Å². The Morgan fingerprint density at radius 2 is 1.60 bits per heavy atom. The standard InChI is InChI=1S/C6H3N5O3.C3H3N3/c7-1-11-4(12)2-3(10-6(11)14)9-5(13)8-2;1-4-2-6-3-5-1/h(H,10,14)(H2,8,9,13);1-3H. The summed E-state index contributed by atoms with van der Waals surface area (Å²) in [6.45, 7) is 0. The quantitative estimate of drug-likeness (QED) is 0.422. The molecule has 0 saturated carbocycles. The van der Waals surface area contributed by atoms with Gasteiger partial charge < -0.3 is 0 Å². The van der Waals surface area contributed by atoms with Crippen LogP contribution in [0.4, 0.5) is 0 Å². The van der Waals surface area contributed by atoms with E-state index in [0.29, 0.717) is 4.57 Å². The molecule has 0 bridgehead atoms. The number of hydrogen-bond donors (Lipinski definition) is 3. The van der Waals surface area contributed by atoms with Gasteiger partial charge in [-0.2, -0.15) is 9.83 Å². The van der Waals surface area contributed by atoms with Crippen LogP contribution in [0.15, 0.2) is 33.4 Å². The molecule has 0 atom stereocenters. The van der Waals surface area contributed by atoms with Crippen LogP contribution in [0, 0.1) is 11.5 Å². The molecular weight excluding hydrogens is 268 g/mol. The molecule has 0 aliphatic rings. The highest BCUT2D eigenvalue weighted by Gasteiger charge is 2.08. The molecule has 0 aliphatic carbocycles. The largest absolute Gasteiger partial charge is 0.343 e. The van der Waals surface area contributed by atoms with Crippen LogP contribution in [0.5, 0.6) is 0 Å². The van der Waals surface area contributed by atoms with Crippen LogP contribution in [0.2, 0.25) is 0 Å². The normalized spacial score (nSPS) is 9.55. The molecule has 0 saturated heterocycles. The number of H-pyrrole nitrogens is 3. The first-order valence-electron chi connectivity index (χ1n) is 5.06. The number of nitrogens with one attached hydrogen (secondary N) is 3. The van der Waals surface area contributed by atoms with Crippen molar-refractivity contribution in [2.75, 3.05) is 0 Å². The number of nitriles is 1. The SMILES string of the molecule is N#Cn1c(=O)[nH]c2[nH]c(=O)[nH]c2c1=O.c1ncncn1. The topological polar surface area (TPSA) is 166 Å². The van der Waals surface area contributed by atoms with Crippen LogP contribution in [0.25, 0.3) is 11.2 Å². The molecule has 3 heterocycles. The van der Waals surface area contributed by atoms with Crippen molar-refractivity contribution in [3.05, 3.63) is 50.3 Å². The lowest BCUT2D eigenvalue weighted by Crippen LogP contribution is -2.32.